The van der Waals surface area contributed by atoms with Gasteiger partial charge in [-0.15, -0.1) is 0 Å². The molecule has 0 unspecified atom stereocenters. The Labute approximate surface area is 86.7 Å². The summed E-state index contributed by atoms with van der Waals surface area (Å²) in [6.07, 6.45) is 1.74. The lowest BCUT2D eigenvalue weighted by Gasteiger charge is -2.10. The van der Waals surface area contributed by atoms with Gasteiger partial charge in [-0.25, -0.2) is 0 Å². The van der Waals surface area contributed by atoms with Gasteiger partial charge in [-0.3, -0.25) is 0 Å². The highest BCUT2D eigenvalue weighted by molar-refractivity contribution is 6.66. The Hall–Kier alpha value is -0.170. The van der Waals surface area contributed by atoms with Gasteiger partial charge in [0.05, 0.1) is 0 Å². The third kappa shape index (κ3) is 2.41. The zero-order valence-electron chi connectivity index (χ0n) is 6.23. The van der Waals surface area contributed by atoms with Crippen LogP contribution in [0.2, 0.25) is 0 Å². The first-order chi connectivity index (χ1) is 5.54. The van der Waals surface area contributed by atoms with E-state index in [2.05, 4.69) is 6.58 Å². The van der Waals surface area contributed by atoms with Crippen molar-refractivity contribution in [2.24, 2.45) is 0 Å². The van der Waals surface area contributed by atoms with Crippen molar-refractivity contribution in [3.8, 4) is 0 Å². The number of hydrogen-bond donors (Lipinski definition) is 0. The lowest BCUT2D eigenvalue weighted by molar-refractivity contribution is 1.24. The second kappa shape index (κ2) is 3.69. The van der Waals surface area contributed by atoms with Gasteiger partial charge in [0, 0.05) is 5.56 Å². The van der Waals surface area contributed by atoms with Crippen LogP contribution in [0.5, 0.6) is 0 Å². The summed E-state index contributed by atoms with van der Waals surface area (Å²) in [5.41, 5.74) is 1.67. The number of benzene rings is 1. The summed E-state index contributed by atoms with van der Waals surface area (Å²) in [6, 6.07) is 7.24. The van der Waals surface area contributed by atoms with Crippen LogP contribution in [0.3, 0.4) is 0 Å². The standard InChI is InChI=1S/C9H7Cl3/c1-2-7-3-5-8(6-4-7)9(10,11)12/h2-6H,1H2. The quantitative estimate of drug-likeness (QED) is 0.625. The summed E-state index contributed by atoms with van der Waals surface area (Å²) in [7, 11) is 0. The molecule has 0 aliphatic rings. The molecule has 1 aromatic carbocycles. The molecule has 12 heavy (non-hydrogen) atoms. The Kier molecular flexibility index (Phi) is 3.05. The smallest absolute Gasteiger partial charge is 0.0985 e. The van der Waals surface area contributed by atoms with E-state index in [9.17, 15) is 0 Å². The number of halogens is 3. The Morgan fingerprint density at radius 3 is 1.92 bits per heavy atom. The number of alkyl halides is 3. The second-order valence-corrected chi connectivity index (χ2v) is 4.61. The molecular formula is C9H7Cl3. The molecule has 0 nitrogen and oxygen atoms in total. The van der Waals surface area contributed by atoms with E-state index in [1.54, 1.807) is 18.2 Å². The lowest BCUT2D eigenvalue weighted by Crippen LogP contribution is -1.98. The molecule has 0 aliphatic heterocycles. The van der Waals surface area contributed by atoms with Crippen LogP contribution in [-0.4, -0.2) is 0 Å². The van der Waals surface area contributed by atoms with E-state index in [1.165, 1.54) is 0 Å². The van der Waals surface area contributed by atoms with E-state index >= 15 is 0 Å². The van der Waals surface area contributed by atoms with Crippen LogP contribution in [0.1, 0.15) is 11.1 Å². The molecule has 0 amide bonds. The highest BCUT2D eigenvalue weighted by atomic mass is 35.6. The highest BCUT2D eigenvalue weighted by Crippen LogP contribution is 2.37. The molecule has 0 spiro atoms. The molecule has 1 rings (SSSR count). The van der Waals surface area contributed by atoms with Crippen LogP contribution in [0.4, 0.5) is 0 Å². The normalized spacial score (nSPS) is 11.2. The Balaban J connectivity index is 3.00. The van der Waals surface area contributed by atoms with Crippen molar-refractivity contribution >= 4 is 40.9 Å². The average Bonchev–Trinajstić information content (AvgIpc) is 2.03. The molecule has 0 saturated carbocycles. The van der Waals surface area contributed by atoms with E-state index in [-0.39, 0.29) is 0 Å². The molecule has 0 atom stereocenters. The number of rotatable bonds is 1. The highest BCUT2D eigenvalue weighted by Gasteiger charge is 2.21. The van der Waals surface area contributed by atoms with Gasteiger partial charge in [-0.1, -0.05) is 71.7 Å². The van der Waals surface area contributed by atoms with Crippen LogP contribution in [0.15, 0.2) is 30.8 Å². The maximum atomic E-state index is 5.66. The van der Waals surface area contributed by atoms with Crippen molar-refractivity contribution < 1.29 is 0 Å². The Bertz CT molecular complexity index is 269. The fourth-order valence-electron chi connectivity index (χ4n) is 0.808. The van der Waals surface area contributed by atoms with E-state index < -0.39 is 3.79 Å². The monoisotopic (exact) mass is 220 g/mol. The third-order valence-corrected chi connectivity index (χ3v) is 2.13. The van der Waals surface area contributed by atoms with Crippen molar-refractivity contribution in [3.63, 3.8) is 0 Å². The fourth-order valence-corrected chi connectivity index (χ4v) is 1.19. The van der Waals surface area contributed by atoms with Gasteiger partial charge in [0.25, 0.3) is 0 Å². The molecule has 0 aliphatic carbocycles. The molecule has 0 bridgehead atoms. The number of hydrogen-bond acceptors (Lipinski definition) is 0. The molecule has 0 radical (unpaired) electrons. The van der Waals surface area contributed by atoms with E-state index in [4.69, 9.17) is 34.8 Å². The molecule has 3 heteroatoms. The maximum Gasteiger partial charge on any atom is 0.216 e. The van der Waals surface area contributed by atoms with E-state index in [1.807, 2.05) is 12.1 Å². The zero-order chi connectivity index (χ0) is 9.19. The van der Waals surface area contributed by atoms with Crippen molar-refractivity contribution in [1.82, 2.24) is 0 Å². The van der Waals surface area contributed by atoms with E-state index in [0.717, 1.165) is 5.56 Å². The third-order valence-electron chi connectivity index (χ3n) is 1.47. The maximum absolute atomic E-state index is 5.66. The summed E-state index contributed by atoms with van der Waals surface area (Å²) >= 11 is 17.0. The van der Waals surface area contributed by atoms with Crippen molar-refractivity contribution in [3.05, 3.63) is 42.0 Å². The van der Waals surface area contributed by atoms with Crippen LogP contribution in [0.25, 0.3) is 6.08 Å². The van der Waals surface area contributed by atoms with Gasteiger partial charge < -0.3 is 0 Å². The van der Waals surface area contributed by atoms with Crippen molar-refractivity contribution in [2.75, 3.05) is 0 Å². The van der Waals surface area contributed by atoms with Gasteiger partial charge >= 0.3 is 0 Å². The first-order valence-electron chi connectivity index (χ1n) is 3.34. The largest absolute Gasteiger partial charge is 0.216 e. The summed E-state index contributed by atoms with van der Waals surface area (Å²) in [5, 5.41) is 0. The van der Waals surface area contributed by atoms with Gasteiger partial charge in [-0.2, -0.15) is 0 Å². The van der Waals surface area contributed by atoms with Crippen LogP contribution < -0.4 is 0 Å². The minimum Gasteiger partial charge on any atom is -0.0985 e. The van der Waals surface area contributed by atoms with Gasteiger partial charge in [-0.05, 0) is 5.56 Å². The average molecular weight is 222 g/mol. The molecule has 0 aromatic heterocycles. The molecule has 0 saturated heterocycles. The topological polar surface area (TPSA) is 0 Å². The van der Waals surface area contributed by atoms with Crippen LogP contribution in [-0.2, 0) is 3.79 Å². The molecule has 1 aromatic rings. The fraction of sp³-hybridized carbons (Fsp3) is 0.111. The van der Waals surface area contributed by atoms with Crippen LogP contribution in [0, 0.1) is 0 Å². The predicted molar refractivity (Wildman–Crippen MR) is 55.8 cm³/mol. The van der Waals surface area contributed by atoms with Gasteiger partial charge in [0.1, 0.15) is 0 Å². The second-order valence-electron chi connectivity index (χ2n) is 2.32. The van der Waals surface area contributed by atoms with Crippen molar-refractivity contribution in [1.29, 1.82) is 0 Å². The molecule has 0 N–H and O–H groups in total. The molecule has 0 fully saturated rings. The summed E-state index contributed by atoms with van der Waals surface area (Å²) in [5.74, 6) is 0. The first-order valence-corrected chi connectivity index (χ1v) is 4.47. The predicted octanol–water partition coefficient (Wildman–Crippen LogP) is 4.16. The molecule has 64 valence electrons. The summed E-state index contributed by atoms with van der Waals surface area (Å²) in [4.78, 5) is 0. The van der Waals surface area contributed by atoms with E-state index in [0.29, 0.717) is 5.56 Å². The Morgan fingerprint density at radius 2 is 1.58 bits per heavy atom. The molecule has 0 heterocycles. The first kappa shape index (κ1) is 9.91. The van der Waals surface area contributed by atoms with Crippen molar-refractivity contribution in [2.45, 2.75) is 3.79 Å². The van der Waals surface area contributed by atoms with Gasteiger partial charge in [0.15, 0.2) is 0 Å². The lowest BCUT2D eigenvalue weighted by atomic mass is 10.1. The zero-order valence-corrected chi connectivity index (χ0v) is 8.50. The van der Waals surface area contributed by atoms with Crippen LogP contribution >= 0.6 is 34.8 Å². The van der Waals surface area contributed by atoms with Gasteiger partial charge in [0.2, 0.25) is 3.79 Å². The minimum atomic E-state index is -1.33. The summed E-state index contributed by atoms with van der Waals surface area (Å²) < 4.78 is -1.33. The molecular weight excluding hydrogens is 214 g/mol. The Morgan fingerprint density at radius 1 is 1.08 bits per heavy atom. The summed E-state index contributed by atoms with van der Waals surface area (Å²) in [6.45, 7) is 3.62. The minimum absolute atomic E-state index is 0.665. The SMILES string of the molecule is C=Cc1ccc(C(Cl)(Cl)Cl)cc1.